The molecule has 0 saturated carbocycles. The van der Waals surface area contributed by atoms with Gasteiger partial charge in [0.15, 0.2) is 0 Å². The maximum Gasteiger partial charge on any atom is 0.249 e. The molecular weight excluding hydrogens is 240 g/mol. The van der Waals surface area contributed by atoms with Crippen molar-refractivity contribution in [3.8, 4) is 11.5 Å². The molecule has 1 N–H and O–H groups in total. The predicted molar refractivity (Wildman–Crippen MR) is 73.9 cm³/mol. The summed E-state index contributed by atoms with van der Waals surface area (Å²) >= 11 is 0. The van der Waals surface area contributed by atoms with Crippen LogP contribution < -0.4 is 5.32 Å². The Bertz CT molecular complexity index is 536. The molecule has 0 amide bonds. The quantitative estimate of drug-likeness (QED) is 0.807. The van der Waals surface area contributed by atoms with Gasteiger partial charge in [-0.05, 0) is 38.9 Å². The van der Waals surface area contributed by atoms with Crippen LogP contribution in [0.4, 0.5) is 0 Å². The third kappa shape index (κ3) is 3.61. The van der Waals surface area contributed by atoms with Gasteiger partial charge in [0.2, 0.25) is 11.8 Å². The zero-order valence-electron chi connectivity index (χ0n) is 11.7. The fourth-order valence-corrected chi connectivity index (χ4v) is 1.87. The lowest BCUT2D eigenvalue weighted by Crippen LogP contribution is -2.17. The van der Waals surface area contributed by atoms with E-state index in [-0.39, 0.29) is 0 Å². The largest absolute Gasteiger partial charge is 0.421 e. The molecule has 5 nitrogen and oxygen atoms in total. The van der Waals surface area contributed by atoms with E-state index < -0.39 is 0 Å². The van der Waals surface area contributed by atoms with Crippen molar-refractivity contribution in [3.63, 3.8) is 0 Å². The summed E-state index contributed by atoms with van der Waals surface area (Å²) in [7, 11) is 0. The average Bonchev–Trinajstić information content (AvgIpc) is 2.83. The minimum absolute atomic E-state index is 0.551. The van der Waals surface area contributed by atoms with E-state index in [0.717, 1.165) is 42.9 Å². The first-order valence-corrected chi connectivity index (χ1v) is 6.68. The van der Waals surface area contributed by atoms with E-state index in [0.29, 0.717) is 11.8 Å². The fourth-order valence-electron chi connectivity index (χ4n) is 1.87. The van der Waals surface area contributed by atoms with Crippen LogP contribution in [0.2, 0.25) is 0 Å². The van der Waals surface area contributed by atoms with E-state index in [1.54, 1.807) is 0 Å². The molecule has 0 aliphatic carbocycles. The Kier molecular flexibility index (Phi) is 4.63. The standard InChI is InChI=1S/C14H20N4O/c1-4-8-15-9-7-13-17-18-14(19-13)12-6-5-10(2)16-11(12)3/h5-6,15H,4,7-9H2,1-3H3. The van der Waals surface area contributed by atoms with E-state index in [9.17, 15) is 0 Å². The first kappa shape index (κ1) is 13.7. The third-order valence-electron chi connectivity index (χ3n) is 2.86. The van der Waals surface area contributed by atoms with Crippen LogP contribution in [0.25, 0.3) is 11.5 Å². The van der Waals surface area contributed by atoms with E-state index in [1.165, 1.54) is 0 Å². The van der Waals surface area contributed by atoms with Crippen LogP contribution in [0, 0.1) is 13.8 Å². The number of nitrogens with one attached hydrogen (secondary N) is 1. The second kappa shape index (κ2) is 6.43. The van der Waals surface area contributed by atoms with Gasteiger partial charge in [-0.2, -0.15) is 0 Å². The smallest absolute Gasteiger partial charge is 0.249 e. The molecule has 0 fully saturated rings. The summed E-state index contributed by atoms with van der Waals surface area (Å²) in [6, 6.07) is 3.93. The number of hydrogen-bond donors (Lipinski definition) is 1. The molecule has 2 rings (SSSR count). The number of aryl methyl sites for hydroxylation is 2. The van der Waals surface area contributed by atoms with Crippen molar-refractivity contribution in [2.45, 2.75) is 33.6 Å². The summed E-state index contributed by atoms with van der Waals surface area (Å²) in [5.41, 5.74) is 2.81. The molecule has 5 heteroatoms. The first-order chi connectivity index (χ1) is 9.20. The van der Waals surface area contributed by atoms with Crippen molar-refractivity contribution < 1.29 is 4.42 Å². The summed E-state index contributed by atoms with van der Waals surface area (Å²) in [5, 5.41) is 11.5. The van der Waals surface area contributed by atoms with Crippen LogP contribution in [0.5, 0.6) is 0 Å². The number of nitrogens with zero attached hydrogens (tertiary/aromatic N) is 3. The molecule has 2 heterocycles. The molecule has 0 spiro atoms. The monoisotopic (exact) mass is 260 g/mol. The van der Waals surface area contributed by atoms with Gasteiger partial charge < -0.3 is 9.73 Å². The molecule has 2 aromatic heterocycles. The normalized spacial score (nSPS) is 10.9. The summed E-state index contributed by atoms with van der Waals surface area (Å²) in [6.45, 7) is 7.94. The fraction of sp³-hybridized carbons (Fsp3) is 0.500. The number of hydrogen-bond acceptors (Lipinski definition) is 5. The maximum absolute atomic E-state index is 5.67. The second-order valence-electron chi connectivity index (χ2n) is 4.59. The Labute approximate surface area is 113 Å². The van der Waals surface area contributed by atoms with Crippen molar-refractivity contribution >= 4 is 0 Å². The van der Waals surface area contributed by atoms with E-state index >= 15 is 0 Å². The molecule has 0 atom stereocenters. The zero-order chi connectivity index (χ0) is 13.7. The molecule has 0 aromatic carbocycles. The second-order valence-corrected chi connectivity index (χ2v) is 4.59. The van der Waals surface area contributed by atoms with Crippen LogP contribution in [0.3, 0.4) is 0 Å². The molecule has 102 valence electrons. The maximum atomic E-state index is 5.67. The van der Waals surface area contributed by atoms with Crippen molar-refractivity contribution in [2.24, 2.45) is 0 Å². The summed E-state index contributed by atoms with van der Waals surface area (Å²) in [4.78, 5) is 4.41. The molecule has 0 bridgehead atoms. The van der Waals surface area contributed by atoms with Gasteiger partial charge in [0.1, 0.15) is 0 Å². The van der Waals surface area contributed by atoms with Crippen LogP contribution >= 0.6 is 0 Å². The van der Waals surface area contributed by atoms with Gasteiger partial charge in [0, 0.05) is 18.7 Å². The number of pyridine rings is 1. The van der Waals surface area contributed by atoms with Crippen LogP contribution in [-0.2, 0) is 6.42 Å². The van der Waals surface area contributed by atoms with Gasteiger partial charge in [-0.1, -0.05) is 6.92 Å². The Morgan fingerprint density at radius 1 is 1.16 bits per heavy atom. The molecule has 0 aliphatic heterocycles. The average molecular weight is 260 g/mol. The van der Waals surface area contributed by atoms with Crippen molar-refractivity contribution in [3.05, 3.63) is 29.4 Å². The summed E-state index contributed by atoms with van der Waals surface area (Å²) in [6.07, 6.45) is 1.88. The number of rotatable bonds is 6. The van der Waals surface area contributed by atoms with Gasteiger partial charge in [-0.15, -0.1) is 10.2 Å². The van der Waals surface area contributed by atoms with Crippen LogP contribution in [0.1, 0.15) is 30.6 Å². The number of aromatic nitrogens is 3. The Morgan fingerprint density at radius 2 is 2.00 bits per heavy atom. The highest BCUT2D eigenvalue weighted by Crippen LogP contribution is 2.20. The topological polar surface area (TPSA) is 63.8 Å². The van der Waals surface area contributed by atoms with Crippen molar-refractivity contribution in [1.29, 1.82) is 0 Å². The van der Waals surface area contributed by atoms with Gasteiger partial charge in [0.25, 0.3) is 0 Å². The lowest BCUT2D eigenvalue weighted by molar-refractivity contribution is 0.494. The zero-order valence-corrected chi connectivity index (χ0v) is 11.7. The van der Waals surface area contributed by atoms with Crippen LogP contribution in [0.15, 0.2) is 16.5 Å². The Balaban J connectivity index is 2.04. The Morgan fingerprint density at radius 3 is 2.74 bits per heavy atom. The molecule has 2 aromatic rings. The van der Waals surface area contributed by atoms with Crippen LogP contribution in [-0.4, -0.2) is 28.3 Å². The highest BCUT2D eigenvalue weighted by molar-refractivity contribution is 5.55. The molecule has 0 radical (unpaired) electrons. The molecule has 0 unspecified atom stereocenters. The summed E-state index contributed by atoms with van der Waals surface area (Å²) < 4.78 is 5.67. The van der Waals surface area contributed by atoms with Crippen molar-refractivity contribution in [2.75, 3.05) is 13.1 Å². The van der Waals surface area contributed by atoms with E-state index in [2.05, 4.69) is 27.4 Å². The molecule has 0 aliphatic rings. The first-order valence-electron chi connectivity index (χ1n) is 6.68. The SMILES string of the molecule is CCCNCCc1nnc(-c2ccc(C)nc2C)o1. The minimum Gasteiger partial charge on any atom is -0.421 e. The third-order valence-corrected chi connectivity index (χ3v) is 2.86. The van der Waals surface area contributed by atoms with Gasteiger partial charge >= 0.3 is 0 Å². The lowest BCUT2D eigenvalue weighted by atomic mass is 10.2. The van der Waals surface area contributed by atoms with E-state index in [1.807, 2.05) is 26.0 Å². The Hall–Kier alpha value is -1.75. The predicted octanol–water partition coefficient (Wildman–Crippen LogP) is 2.29. The molecule has 0 saturated heterocycles. The lowest BCUT2D eigenvalue weighted by Gasteiger charge is -2.01. The highest BCUT2D eigenvalue weighted by Gasteiger charge is 2.11. The minimum atomic E-state index is 0.551. The van der Waals surface area contributed by atoms with Gasteiger partial charge in [-0.25, -0.2) is 0 Å². The molecular formula is C14H20N4O. The van der Waals surface area contributed by atoms with Crippen molar-refractivity contribution in [1.82, 2.24) is 20.5 Å². The van der Waals surface area contributed by atoms with Gasteiger partial charge in [-0.3, -0.25) is 4.98 Å². The highest BCUT2D eigenvalue weighted by atomic mass is 16.4. The molecule has 19 heavy (non-hydrogen) atoms. The van der Waals surface area contributed by atoms with E-state index in [4.69, 9.17) is 4.42 Å². The summed E-state index contributed by atoms with van der Waals surface area (Å²) in [5.74, 6) is 1.22. The van der Waals surface area contributed by atoms with Gasteiger partial charge in [0.05, 0.1) is 11.3 Å².